The van der Waals surface area contributed by atoms with Gasteiger partial charge in [-0.25, -0.2) is 9.78 Å². The van der Waals surface area contributed by atoms with Crippen molar-refractivity contribution in [3.63, 3.8) is 0 Å². The van der Waals surface area contributed by atoms with Crippen LogP contribution in [0.1, 0.15) is 31.0 Å². The number of carbonyl (C=O) groups excluding carboxylic acids is 3. The lowest BCUT2D eigenvalue weighted by molar-refractivity contribution is -0.144. The minimum Gasteiger partial charge on any atom is -0.508 e. The Morgan fingerprint density at radius 1 is 1.17 bits per heavy atom. The molecule has 1 aliphatic rings. The first-order chi connectivity index (χ1) is 16.7. The molecule has 0 bridgehead atoms. The van der Waals surface area contributed by atoms with E-state index in [-0.39, 0.29) is 25.1 Å². The molecule has 0 spiro atoms. The number of benzene rings is 1. The number of aromatic nitrogens is 2. The number of aromatic hydroxyl groups is 1. The van der Waals surface area contributed by atoms with Crippen LogP contribution in [0.4, 0.5) is 0 Å². The molecular formula is C23H30N6O6. The molecule has 12 heteroatoms. The van der Waals surface area contributed by atoms with Gasteiger partial charge in [0.25, 0.3) is 0 Å². The van der Waals surface area contributed by atoms with Crippen LogP contribution in [0.2, 0.25) is 0 Å². The molecule has 4 atom stereocenters. The highest BCUT2D eigenvalue weighted by Crippen LogP contribution is 2.21. The molecule has 3 amide bonds. The standard InChI is InChI=1S/C23H30N6O6/c1-13(24)20(31)27-17(9-14-4-6-16(30)7-5-14)22(33)29-8-2-3-19(29)21(32)28-18(23(34)35)10-15-11-25-12-26-15/h4-7,11-13,17-19,30H,2-3,8-10,24H2,1H3,(H,25,26)(H,27,31)(H,28,32)(H,34,35). The molecular weight excluding hydrogens is 456 g/mol. The number of phenols is 1. The van der Waals surface area contributed by atoms with E-state index in [1.807, 2.05) is 0 Å². The quantitative estimate of drug-likeness (QED) is 0.254. The van der Waals surface area contributed by atoms with Gasteiger partial charge < -0.3 is 36.5 Å². The third kappa shape index (κ3) is 6.79. The highest BCUT2D eigenvalue weighted by atomic mass is 16.4. The molecule has 3 rings (SSSR count). The molecule has 1 aromatic heterocycles. The van der Waals surface area contributed by atoms with Crippen LogP contribution in [0.25, 0.3) is 0 Å². The SMILES string of the molecule is CC(N)C(=O)NC(Cc1ccc(O)cc1)C(=O)N1CCCC1C(=O)NC(Cc1cnc[nH]1)C(=O)O. The first-order valence-electron chi connectivity index (χ1n) is 11.3. The number of imidazole rings is 1. The van der Waals surface area contributed by atoms with E-state index >= 15 is 0 Å². The minimum absolute atomic E-state index is 0.00959. The second-order valence-corrected chi connectivity index (χ2v) is 8.59. The van der Waals surface area contributed by atoms with Gasteiger partial charge in [-0.3, -0.25) is 14.4 Å². The van der Waals surface area contributed by atoms with Crippen molar-refractivity contribution in [2.45, 2.75) is 56.8 Å². The fourth-order valence-corrected chi connectivity index (χ4v) is 3.96. The fourth-order valence-electron chi connectivity index (χ4n) is 3.96. The Morgan fingerprint density at radius 3 is 2.49 bits per heavy atom. The van der Waals surface area contributed by atoms with E-state index in [2.05, 4.69) is 20.6 Å². The number of phenolic OH excluding ortho intramolecular Hbond substituents is 1. The van der Waals surface area contributed by atoms with Crippen molar-refractivity contribution in [3.8, 4) is 5.75 Å². The summed E-state index contributed by atoms with van der Waals surface area (Å²) in [7, 11) is 0. The monoisotopic (exact) mass is 486 g/mol. The molecule has 4 unspecified atom stereocenters. The van der Waals surface area contributed by atoms with E-state index in [9.17, 15) is 29.4 Å². The summed E-state index contributed by atoms with van der Waals surface area (Å²) < 4.78 is 0. The summed E-state index contributed by atoms with van der Waals surface area (Å²) in [4.78, 5) is 58.5. The maximum absolute atomic E-state index is 13.5. The fraction of sp³-hybridized carbons (Fsp3) is 0.435. The van der Waals surface area contributed by atoms with Gasteiger partial charge in [0, 0.05) is 31.3 Å². The van der Waals surface area contributed by atoms with Crippen LogP contribution >= 0.6 is 0 Å². The van der Waals surface area contributed by atoms with Crippen LogP contribution in [0.5, 0.6) is 5.75 Å². The number of nitrogens with two attached hydrogens (primary N) is 1. The summed E-state index contributed by atoms with van der Waals surface area (Å²) in [5.41, 5.74) is 6.91. The van der Waals surface area contributed by atoms with Gasteiger partial charge in [-0.1, -0.05) is 12.1 Å². The number of rotatable bonds is 10. The Morgan fingerprint density at radius 2 is 1.89 bits per heavy atom. The predicted molar refractivity (Wildman–Crippen MR) is 124 cm³/mol. The zero-order chi connectivity index (χ0) is 25.5. The molecule has 2 aromatic rings. The topological polar surface area (TPSA) is 191 Å². The second-order valence-electron chi connectivity index (χ2n) is 8.59. The van der Waals surface area contributed by atoms with Crippen molar-refractivity contribution in [2.75, 3.05) is 6.54 Å². The largest absolute Gasteiger partial charge is 0.508 e. The van der Waals surface area contributed by atoms with Crippen LogP contribution in [0, 0.1) is 0 Å². The van der Waals surface area contributed by atoms with Crippen molar-refractivity contribution in [1.82, 2.24) is 25.5 Å². The third-order valence-corrected chi connectivity index (χ3v) is 5.84. The van der Waals surface area contributed by atoms with Crippen molar-refractivity contribution in [2.24, 2.45) is 5.73 Å². The van der Waals surface area contributed by atoms with Gasteiger partial charge in [0.05, 0.1) is 12.4 Å². The highest BCUT2D eigenvalue weighted by molar-refractivity contribution is 5.94. The van der Waals surface area contributed by atoms with E-state index in [0.717, 1.165) is 0 Å². The number of H-pyrrole nitrogens is 1. The number of hydrogen-bond acceptors (Lipinski definition) is 7. The van der Waals surface area contributed by atoms with Gasteiger partial charge in [-0.05, 0) is 37.5 Å². The van der Waals surface area contributed by atoms with Gasteiger partial charge in [0.2, 0.25) is 17.7 Å². The Bertz CT molecular complexity index is 1040. The summed E-state index contributed by atoms with van der Waals surface area (Å²) in [6.07, 6.45) is 3.94. The average Bonchev–Trinajstić information content (AvgIpc) is 3.51. The zero-order valence-corrected chi connectivity index (χ0v) is 19.3. The average molecular weight is 487 g/mol. The van der Waals surface area contributed by atoms with Crippen molar-refractivity contribution < 1.29 is 29.4 Å². The summed E-state index contributed by atoms with van der Waals surface area (Å²) >= 11 is 0. The predicted octanol–water partition coefficient (Wildman–Crippen LogP) is -0.707. The Balaban J connectivity index is 1.75. The van der Waals surface area contributed by atoms with Crippen LogP contribution in [0.15, 0.2) is 36.8 Å². The summed E-state index contributed by atoms with van der Waals surface area (Å²) in [6.45, 7) is 1.78. The van der Waals surface area contributed by atoms with E-state index in [4.69, 9.17) is 5.73 Å². The van der Waals surface area contributed by atoms with E-state index in [0.29, 0.717) is 24.1 Å². The molecule has 12 nitrogen and oxygen atoms in total. The van der Waals surface area contributed by atoms with Crippen molar-refractivity contribution in [1.29, 1.82) is 0 Å². The number of nitrogens with one attached hydrogen (secondary N) is 3. The molecule has 7 N–H and O–H groups in total. The van der Waals surface area contributed by atoms with E-state index < -0.39 is 47.9 Å². The number of amides is 3. The Kier molecular flexibility index (Phi) is 8.42. The number of carbonyl (C=O) groups is 4. The van der Waals surface area contributed by atoms with Crippen molar-refractivity contribution in [3.05, 3.63) is 48.0 Å². The van der Waals surface area contributed by atoms with Crippen LogP contribution in [0.3, 0.4) is 0 Å². The van der Waals surface area contributed by atoms with Crippen LogP contribution in [-0.4, -0.2) is 79.5 Å². The van der Waals surface area contributed by atoms with Gasteiger partial charge in [-0.15, -0.1) is 0 Å². The number of carboxylic acids is 1. The maximum Gasteiger partial charge on any atom is 0.326 e. The minimum atomic E-state index is -1.21. The maximum atomic E-state index is 13.5. The number of hydrogen-bond donors (Lipinski definition) is 6. The van der Waals surface area contributed by atoms with Gasteiger partial charge in [0.15, 0.2) is 0 Å². The number of aromatic amines is 1. The van der Waals surface area contributed by atoms with Gasteiger partial charge in [0.1, 0.15) is 23.9 Å². The smallest absolute Gasteiger partial charge is 0.326 e. The van der Waals surface area contributed by atoms with Gasteiger partial charge in [-0.2, -0.15) is 0 Å². The molecule has 1 fully saturated rings. The molecule has 188 valence electrons. The lowest BCUT2D eigenvalue weighted by atomic mass is 10.0. The molecule has 0 aliphatic carbocycles. The number of aliphatic carboxylic acids is 1. The third-order valence-electron chi connectivity index (χ3n) is 5.84. The zero-order valence-electron chi connectivity index (χ0n) is 19.3. The second kappa shape index (κ2) is 11.5. The first kappa shape index (κ1) is 25.7. The normalized spacial score (nSPS) is 17.9. The lowest BCUT2D eigenvalue weighted by Crippen LogP contribution is -2.57. The Hall–Kier alpha value is -3.93. The number of nitrogens with zero attached hydrogens (tertiary/aromatic N) is 2. The summed E-state index contributed by atoms with van der Waals surface area (Å²) in [6, 6.07) is 2.30. The molecule has 1 saturated heterocycles. The summed E-state index contributed by atoms with van der Waals surface area (Å²) in [5.74, 6) is -2.71. The number of carboxylic acid groups (broad SMARTS) is 1. The summed E-state index contributed by atoms with van der Waals surface area (Å²) in [5, 5.41) is 24.3. The lowest BCUT2D eigenvalue weighted by Gasteiger charge is -2.30. The highest BCUT2D eigenvalue weighted by Gasteiger charge is 2.39. The molecule has 0 radical (unpaired) electrons. The molecule has 1 aromatic carbocycles. The first-order valence-corrected chi connectivity index (χ1v) is 11.3. The van der Waals surface area contributed by atoms with E-state index in [1.165, 1.54) is 36.5 Å². The number of likely N-dealkylation sites (tertiary alicyclic amines) is 1. The molecule has 2 heterocycles. The van der Waals surface area contributed by atoms with Crippen LogP contribution in [-0.2, 0) is 32.0 Å². The molecule has 1 aliphatic heterocycles. The van der Waals surface area contributed by atoms with Gasteiger partial charge >= 0.3 is 5.97 Å². The Labute approximate surface area is 201 Å². The van der Waals surface area contributed by atoms with Crippen LogP contribution < -0.4 is 16.4 Å². The van der Waals surface area contributed by atoms with Crippen molar-refractivity contribution >= 4 is 23.7 Å². The molecule has 0 saturated carbocycles. The van der Waals surface area contributed by atoms with E-state index in [1.54, 1.807) is 12.1 Å². The molecule has 35 heavy (non-hydrogen) atoms.